The minimum absolute atomic E-state index is 0.0660. The Morgan fingerprint density at radius 3 is 2.76 bits per heavy atom. The number of hydrogen-bond acceptors (Lipinski definition) is 3. The lowest BCUT2D eigenvalue weighted by atomic mass is 9.94. The van der Waals surface area contributed by atoms with Crippen LogP contribution >= 0.6 is 0 Å². The molecule has 0 aromatic carbocycles. The van der Waals surface area contributed by atoms with Crippen molar-refractivity contribution in [3.8, 4) is 6.07 Å². The Balaban J connectivity index is 1.89. The van der Waals surface area contributed by atoms with E-state index >= 15 is 0 Å². The third-order valence-corrected chi connectivity index (χ3v) is 4.72. The van der Waals surface area contributed by atoms with E-state index in [4.69, 9.17) is 5.26 Å². The topological polar surface area (TPSA) is 73.2 Å². The molecule has 2 aliphatic rings. The molecular weight excluding hydrogens is 266 g/mol. The molecule has 0 aromatic rings. The van der Waals surface area contributed by atoms with Crippen LogP contribution in [0.4, 0.5) is 0 Å². The van der Waals surface area contributed by atoms with E-state index in [1.807, 2.05) is 11.8 Å². The number of rotatable bonds is 5. The zero-order valence-corrected chi connectivity index (χ0v) is 12.8. The summed E-state index contributed by atoms with van der Waals surface area (Å²) in [5.74, 6) is -0.189. The average molecular weight is 291 g/mol. The van der Waals surface area contributed by atoms with E-state index in [0.717, 1.165) is 19.3 Å². The Morgan fingerprint density at radius 1 is 1.43 bits per heavy atom. The van der Waals surface area contributed by atoms with Gasteiger partial charge in [-0.25, -0.2) is 0 Å². The molecule has 1 heterocycles. The Hall–Kier alpha value is -1.57. The fourth-order valence-corrected chi connectivity index (χ4v) is 3.38. The van der Waals surface area contributed by atoms with Gasteiger partial charge >= 0.3 is 0 Å². The van der Waals surface area contributed by atoms with Crippen molar-refractivity contribution in [3.05, 3.63) is 0 Å². The van der Waals surface area contributed by atoms with Gasteiger partial charge in [0.15, 0.2) is 0 Å². The van der Waals surface area contributed by atoms with Crippen molar-refractivity contribution in [2.45, 2.75) is 70.4 Å². The minimum Gasteiger partial charge on any atom is -0.352 e. The van der Waals surface area contributed by atoms with Crippen molar-refractivity contribution in [1.82, 2.24) is 10.2 Å². The lowest BCUT2D eigenvalue weighted by molar-refractivity contribution is -0.130. The predicted octanol–water partition coefficient (Wildman–Crippen LogP) is 1.98. The van der Waals surface area contributed by atoms with Crippen molar-refractivity contribution in [3.63, 3.8) is 0 Å². The van der Waals surface area contributed by atoms with Crippen LogP contribution in [-0.2, 0) is 9.59 Å². The fourth-order valence-electron chi connectivity index (χ4n) is 3.38. The highest BCUT2D eigenvalue weighted by Gasteiger charge is 2.38. The lowest BCUT2D eigenvalue weighted by Gasteiger charge is -2.31. The number of nitrogens with one attached hydrogen (secondary N) is 1. The van der Waals surface area contributed by atoms with E-state index in [1.54, 1.807) is 0 Å². The van der Waals surface area contributed by atoms with Gasteiger partial charge in [0.25, 0.3) is 0 Å². The summed E-state index contributed by atoms with van der Waals surface area (Å²) in [5, 5.41) is 11.6. The Bertz CT molecular complexity index is 424. The lowest BCUT2D eigenvalue weighted by Crippen LogP contribution is -2.41. The molecule has 0 radical (unpaired) electrons. The summed E-state index contributed by atoms with van der Waals surface area (Å²) in [6, 6.07) is 2.33. The van der Waals surface area contributed by atoms with E-state index in [0.29, 0.717) is 25.4 Å². The molecule has 21 heavy (non-hydrogen) atoms. The molecule has 2 rings (SSSR count). The maximum Gasteiger partial charge on any atom is 0.225 e. The van der Waals surface area contributed by atoms with Gasteiger partial charge < -0.3 is 10.2 Å². The van der Waals surface area contributed by atoms with Crippen LogP contribution in [0.1, 0.15) is 58.3 Å². The van der Waals surface area contributed by atoms with Crippen molar-refractivity contribution < 1.29 is 9.59 Å². The Labute approximate surface area is 126 Å². The Morgan fingerprint density at radius 2 is 2.14 bits per heavy atom. The third kappa shape index (κ3) is 3.96. The summed E-state index contributed by atoms with van der Waals surface area (Å²) >= 11 is 0. The van der Waals surface area contributed by atoms with E-state index in [9.17, 15) is 9.59 Å². The van der Waals surface area contributed by atoms with E-state index in [2.05, 4.69) is 11.4 Å². The van der Waals surface area contributed by atoms with Crippen molar-refractivity contribution in [2.24, 2.45) is 5.92 Å². The monoisotopic (exact) mass is 291 g/mol. The molecule has 1 saturated carbocycles. The number of amides is 2. The van der Waals surface area contributed by atoms with E-state index in [1.165, 1.54) is 19.3 Å². The van der Waals surface area contributed by atoms with Gasteiger partial charge in [0.05, 0.1) is 18.4 Å². The molecule has 1 N–H and O–H groups in total. The highest BCUT2D eigenvalue weighted by molar-refractivity contribution is 5.89. The van der Waals surface area contributed by atoms with Gasteiger partial charge in [-0.15, -0.1) is 0 Å². The fraction of sp³-hybridized carbons (Fsp3) is 0.812. The van der Waals surface area contributed by atoms with Crippen LogP contribution in [0.2, 0.25) is 0 Å². The maximum atomic E-state index is 12.3. The summed E-state index contributed by atoms with van der Waals surface area (Å²) in [5.41, 5.74) is 0. The largest absolute Gasteiger partial charge is 0.352 e. The van der Waals surface area contributed by atoms with Crippen LogP contribution in [0, 0.1) is 17.2 Å². The zero-order chi connectivity index (χ0) is 15.2. The van der Waals surface area contributed by atoms with Gasteiger partial charge in [-0.1, -0.05) is 26.2 Å². The molecule has 2 atom stereocenters. The van der Waals surface area contributed by atoms with Gasteiger partial charge in [0.1, 0.15) is 0 Å². The molecule has 2 fully saturated rings. The average Bonchev–Trinajstić information content (AvgIpc) is 2.89. The third-order valence-electron chi connectivity index (χ3n) is 4.72. The summed E-state index contributed by atoms with van der Waals surface area (Å²) in [7, 11) is 0. The SMILES string of the molecule is CCC(CC#N)NC(=O)C1CC(=O)N(C2CCCCC2)C1. The Kier molecular flexibility index (Phi) is 5.60. The quantitative estimate of drug-likeness (QED) is 0.841. The van der Waals surface area contributed by atoms with Crippen molar-refractivity contribution >= 4 is 11.8 Å². The highest BCUT2D eigenvalue weighted by atomic mass is 16.2. The zero-order valence-electron chi connectivity index (χ0n) is 12.8. The molecule has 0 bridgehead atoms. The van der Waals surface area contributed by atoms with Crippen LogP contribution < -0.4 is 5.32 Å². The maximum absolute atomic E-state index is 12.3. The number of likely N-dealkylation sites (tertiary alicyclic amines) is 1. The smallest absolute Gasteiger partial charge is 0.225 e. The van der Waals surface area contributed by atoms with E-state index < -0.39 is 0 Å². The number of nitriles is 1. The molecule has 2 amide bonds. The normalized spacial score (nSPS) is 24.7. The van der Waals surface area contributed by atoms with Crippen molar-refractivity contribution in [1.29, 1.82) is 5.26 Å². The van der Waals surface area contributed by atoms with Crippen LogP contribution in [0.5, 0.6) is 0 Å². The molecule has 2 unspecified atom stereocenters. The van der Waals surface area contributed by atoms with Crippen LogP contribution in [0.3, 0.4) is 0 Å². The summed E-state index contributed by atoms with van der Waals surface area (Å²) in [6.07, 6.45) is 7.18. The van der Waals surface area contributed by atoms with Crippen molar-refractivity contribution in [2.75, 3.05) is 6.54 Å². The van der Waals surface area contributed by atoms with Crippen LogP contribution in [-0.4, -0.2) is 35.3 Å². The summed E-state index contributed by atoms with van der Waals surface area (Å²) in [6.45, 7) is 2.51. The van der Waals surface area contributed by atoms with Gasteiger partial charge in [-0.2, -0.15) is 5.26 Å². The first-order valence-corrected chi connectivity index (χ1v) is 8.12. The first kappa shape index (κ1) is 15.8. The molecular formula is C16H25N3O2. The van der Waals surface area contributed by atoms with Crippen LogP contribution in [0.25, 0.3) is 0 Å². The number of carbonyl (C=O) groups excluding carboxylic acids is 2. The molecule has 1 saturated heterocycles. The van der Waals surface area contributed by atoms with Gasteiger partial charge in [0, 0.05) is 25.0 Å². The number of nitrogens with zero attached hydrogens (tertiary/aromatic N) is 2. The summed E-state index contributed by atoms with van der Waals surface area (Å²) < 4.78 is 0. The number of carbonyl (C=O) groups is 2. The second-order valence-corrected chi connectivity index (χ2v) is 6.21. The van der Waals surface area contributed by atoms with E-state index in [-0.39, 0.29) is 23.8 Å². The van der Waals surface area contributed by atoms with Gasteiger partial charge in [0.2, 0.25) is 11.8 Å². The molecule has 0 spiro atoms. The molecule has 5 heteroatoms. The minimum atomic E-state index is -0.243. The first-order valence-electron chi connectivity index (χ1n) is 8.12. The predicted molar refractivity (Wildman–Crippen MR) is 79.1 cm³/mol. The standard InChI is InChI=1S/C16H25N3O2/c1-2-13(8-9-17)18-16(21)12-10-15(20)19(11-12)14-6-4-3-5-7-14/h12-14H,2-8,10-11H2,1H3,(H,18,21). The molecule has 116 valence electrons. The molecule has 0 aromatic heterocycles. The first-order chi connectivity index (χ1) is 10.2. The van der Waals surface area contributed by atoms with Gasteiger partial charge in [-0.3, -0.25) is 9.59 Å². The summed E-state index contributed by atoms with van der Waals surface area (Å²) in [4.78, 5) is 26.4. The second kappa shape index (κ2) is 7.44. The molecule has 5 nitrogen and oxygen atoms in total. The number of hydrogen-bond donors (Lipinski definition) is 1. The molecule has 1 aliphatic carbocycles. The molecule has 1 aliphatic heterocycles. The van der Waals surface area contributed by atoms with Crippen LogP contribution in [0.15, 0.2) is 0 Å². The highest BCUT2D eigenvalue weighted by Crippen LogP contribution is 2.28. The second-order valence-electron chi connectivity index (χ2n) is 6.21. The van der Waals surface area contributed by atoms with Gasteiger partial charge in [-0.05, 0) is 19.3 Å².